The largest absolute Gasteiger partial charge is 0.479 e. The molecule has 0 aliphatic carbocycles. The first-order valence-corrected chi connectivity index (χ1v) is 9.01. The third kappa shape index (κ3) is 4.26. The summed E-state index contributed by atoms with van der Waals surface area (Å²) >= 11 is 11.9. The molecule has 1 atom stereocenters. The SMILES string of the molecule is CCOC(=O)C(C)Oc1ccc2c(c1)OC(=Cc1ccc(Cl)c(Cl)c1)C2=O. The molecule has 3 rings (SSSR count). The summed E-state index contributed by atoms with van der Waals surface area (Å²) in [5.74, 6) is 0.216. The molecule has 27 heavy (non-hydrogen) atoms. The van der Waals surface area contributed by atoms with Crippen LogP contribution in [0, 0.1) is 0 Å². The quantitative estimate of drug-likeness (QED) is 0.519. The van der Waals surface area contributed by atoms with Crippen molar-refractivity contribution in [3.63, 3.8) is 0 Å². The van der Waals surface area contributed by atoms with Crippen LogP contribution in [0.2, 0.25) is 10.0 Å². The average molecular weight is 407 g/mol. The van der Waals surface area contributed by atoms with Crippen molar-refractivity contribution < 1.29 is 23.8 Å². The van der Waals surface area contributed by atoms with Gasteiger partial charge in [-0.3, -0.25) is 4.79 Å². The smallest absolute Gasteiger partial charge is 0.347 e. The summed E-state index contributed by atoms with van der Waals surface area (Å²) in [5, 5.41) is 0.816. The molecular weight excluding hydrogens is 391 g/mol. The van der Waals surface area contributed by atoms with E-state index in [1.165, 1.54) is 0 Å². The molecule has 0 fully saturated rings. The van der Waals surface area contributed by atoms with Crippen LogP contribution in [0.25, 0.3) is 6.08 Å². The van der Waals surface area contributed by atoms with Crippen molar-refractivity contribution in [3.8, 4) is 11.5 Å². The Balaban J connectivity index is 1.79. The van der Waals surface area contributed by atoms with Crippen LogP contribution in [0.1, 0.15) is 29.8 Å². The third-order valence-electron chi connectivity index (χ3n) is 3.81. The fraction of sp³-hybridized carbons (Fsp3) is 0.200. The zero-order valence-electron chi connectivity index (χ0n) is 14.6. The number of rotatable bonds is 5. The van der Waals surface area contributed by atoms with Gasteiger partial charge < -0.3 is 14.2 Å². The number of fused-ring (bicyclic) bond motifs is 1. The molecule has 1 aliphatic heterocycles. The summed E-state index contributed by atoms with van der Waals surface area (Å²) in [4.78, 5) is 24.2. The predicted octanol–water partition coefficient (Wildman–Crippen LogP) is 4.94. The Morgan fingerprint density at radius 1 is 1.19 bits per heavy atom. The standard InChI is InChI=1S/C20H16Cl2O5/c1-3-25-20(24)11(2)26-13-5-6-14-17(10-13)27-18(19(14)23)9-12-4-7-15(21)16(22)8-12/h4-11H,3H2,1-2H3. The molecule has 1 unspecified atom stereocenters. The molecule has 0 N–H and O–H groups in total. The topological polar surface area (TPSA) is 61.8 Å². The van der Waals surface area contributed by atoms with E-state index in [9.17, 15) is 9.59 Å². The summed E-state index contributed by atoms with van der Waals surface area (Å²) in [5.41, 5.74) is 1.10. The molecule has 0 aromatic heterocycles. The number of Topliss-reactive ketones (excluding diaryl/α,β-unsaturated/α-hetero) is 1. The lowest BCUT2D eigenvalue weighted by Crippen LogP contribution is -2.26. The normalized spacial score (nSPS) is 15.3. The van der Waals surface area contributed by atoms with Crippen molar-refractivity contribution in [2.24, 2.45) is 0 Å². The summed E-state index contributed by atoms with van der Waals surface area (Å²) < 4.78 is 16.1. The minimum Gasteiger partial charge on any atom is -0.479 e. The predicted molar refractivity (Wildman–Crippen MR) is 103 cm³/mol. The van der Waals surface area contributed by atoms with E-state index < -0.39 is 12.1 Å². The summed E-state index contributed by atoms with van der Waals surface area (Å²) in [6, 6.07) is 9.80. The fourth-order valence-electron chi connectivity index (χ4n) is 2.51. The molecule has 1 heterocycles. The van der Waals surface area contributed by atoms with E-state index in [4.69, 9.17) is 37.4 Å². The first kappa shape index (κ1) is 19.3. The molecule has 1 aliphatic rings. The van der Waals surface area contributed by atoms with Crippen LogP contribution in [-0.4, -0.2) is 24.5 Å². The third-order valence-corrected chi connectivity index (χ3v) is 4.55. The van der Waals surface area contributed by atoms with E-state index in [0.29, 0.717) is 32.7 Å². The van der Waals surface area contributed by atoms with Crippen molar-refractivity contribution in [3.05, 3.63) is 63.3 Å². The second-order valence-corrected chi connectivity index (χ2v) is 6.60. The Kier molecular flexibility index (Phi) is 5.73. The molecule has 0 spiro atoms. The van der Waals surface area contributed by atoms with Gasteiger partial charge in [0.25, 0.3) is 0 Å². The number of carbonyl (C=O) groups excluding carboxylic acids is 2. The van der Waals surface area contributed by atoms with Crippen molar-refractivity contribution in [2.45, 2.75) is 20.0 Å². The molecule has 7 heteroatoms. The van der Waals surface area contributed by atoms with Gasteiger partial charge in [0.1, 0.15) is 11.5 Å². The average Bonchev–Trinajstić information content (AvgIpc) is 2.93. The van der Waals surface area contributed by atoms with E-state index in [1.807, 2.05) is 0 Å². The van der Waals surface area contributed by atoms with Gasteiger partial charge in [-0.1, -0.05) is 29.3 Å². The number of carbonyl (C=O) groups is 2. The number of hydrogen-bond acceptors (Lipinski definition) is 5. The lowest BCUT2D eigenvalue weighted by atomic mass is 10.1. The summed E-state index contributed by atoms with van der Waals surface area (Å²) in [6.45, 7) is 3.59. The van der Waals surface area contributed by atoms with Crippen LogP contribution < -0.4 is 9.47 Å². The molecule has 5 nitrogen and oxygen atoms in total. The maximum atomic E-state index is 12.5. The highest BCUT2D eigenvalue weighted by molar-refractivity contribution is 6.42. The number of halogens is 2. The van der Waals surface area contributed by atoms with Gasteiger partial charge in [0.2, 0.25) is 5.78 Å². The highest BCUT2D eigenvalue weighted by atomic mass is 35.5. The van der Waals surface area contributed by atoms with E-state index in [2.05, 4.69) is 0 Å². The van der Waals surface area contributed by atoms with E-state index >= 15 is 0 Å². The van der Waals surface area contributed by atoms with Crippen LogP contribution in [0.4, 0.5) is 0 Å². The molecule has 140 valence electrons. The first-order valence-electron chi connectivity index (χ1n) is 8.25. The summed E-state index contributed by atoms with van der Waals surface area (Å²) in [6.07, 6.45) is 0.818. The van der Waals surface area contributed by atoms with Crippen molar-refractivity contribution in [2.75, 3.05) is 6.61 Å². The van der Waals surface area contributed by atoms with E-state index in [-0.39, 0.29) is 18.1 Å². The van der Waals surface area contributed by atoms with Gasteiger partial charge in [-0.05, 0) is 49.8 Å². The Morgan fingerprint density at radius 2 is 1.96 bits per heavy atom. The Morgan fingerprint density at radius 3 is 2.67 bits per heavy atom. The molecule has 0 saturated heterocycles. The molecule has 2 aromatic carbocycles. The first-order chi connectivity index (χ1) is 12.9. The van der Waals surface area contributed by atoms with Crippen LogP contribution in [-0.2, 0) is 9.53 Å². The zero-order valence-corrected chi connectivity index (χ0v) is 16.1. The molecule has 0 radical (unpaired) electrons. The number of ether oxygens (including phenoxy) is 3. The van der Waals surface area contributed by atoms with Gasteiger partial charge in [-0.2, -0.15) is 0 Å². The minimum atomic E-state index is -0.772. The molecule has 0 bridgehead atoms. The molecular formula is C20H16Cl2O5. The van der Waals surface area contributed by atoms with Crippen LogP contribution in [0.3, 0.4) is 0 Å². The lowest BCUT2D eigenvalue weighted by molar-refractivity contribution is -0.150. The van der Waals surface area contributed by atoms with Gasteiger partial charge in [0.15, 0.2) is 11.9 Å². The highest BCUT2D eigenvalue weighted by Gasteiger charge is 2.28. The fourth-order valence-corrected chi connectivity index (χ4v) is 2.81. The lowest BCUT2D eigenvalue weighted by Gasteiger charge is -2.13. The maximum Gasteiger partial charge on any atom is 0.347 e. The van der Waals surface area contributed by atoms with Gasteiger partial charge in [0, 0.05) is 6.07 Å². The van der Waals surface area contributed by atoms with Gasteiger partial charge in [0.05, 0.1) is 22.2 Å². The number of ketones is 1. The number of hydrogen-bond donors (Lipinski definition) is 0. The number of esters is 1. The molecule has 0 saturated carbocycles. The van der Waals surface area contributed by atoms with Gasteiger partial charge in [-0.25, -0.2) is 4.79 Å². The zero-order chi connectivity index (χ0) is 19.6. The number of benzene rings is 2. The van der Waals surface area contributed by atoms with E-state index in [1.54, 1.807) is 56.3 Å². The summed E-state index contributed by atoms with van der Waals surface area (Å²) in [7, 11) is 0. The van der Waals surface area contributed by atoms with E-state index in [0.717, 1.165) is 0 Å². The molecule has 0 amide bonds. The van der Waals surface area contributed by atoms with Crippen LogP contribution in [0.15, 0.2) is 42.2 Å². The molecule has 2 aromatic rings. The second-order valence-electron chi connectivity index (χ2n) is 5.78. The second kappa shape index (κ2) is 8.03. The minimum absolute atomic E-state index is 0.166. The van der Waals surface area contributed by atoms with Crippen molar-refractivity contribution in [1.29, 1.82) is 0 Å². The van der Waals surface area contributed by atoms with Crippen LogP contribution >= 0.6 is 23.2 Å². The van der Waals surface area contributed by atoms with Crippen LogP contribution in [0.5, 0.6) is 11.5 Å². The Labute approximate surface area is 166 Å². The maximum absolute atomic E-state index is 12.5. The number of allylic oxidation sites excluding steroid dienone is 1. The Hall–Kier alpha value is -2.50. The van der Waals surface area contributed by atoms with Gasteiger partial charge in [-0.15, -0.1) is 0 Å². The highest BCUT2D eigenvalue weighted by Crippen LogP contribution is 2.35. The van der Waals surface area contributed by atoms with Crippen molar-refractivity contribution in [1.82, 2.24) is 0 Å². The van der Waals surface area contributed by atoms with Gasteiger partial charge >= 0.3 is 5.97 Å². The Bertz CT molecular complexity index is 936. The monoisotopic (exact) mass is 406 g/mol. The van der Waals surface area contributed by atoms with Crippen molar-refractivity contribution >= 4 is 41.0 Å².